The van der Waals surface area contributed by atoms with Crippen LogP contribution >= 0.6 is 49.9 Å². The summed E-state index contributed by atoms with van der Waals surface area (Å²) >= 11 is 7.14. The summed E-state index contributed by atoms with van der Waals surface area (Å²) in [6, 6.07) is 5.68. The van der Waals surface area contributed by atoms with Gasteiger partial charge in [-0.1, -0.05) is 15.9 Å². The number of aromatic nitrogens is 1. The molecular formula is C12H10BrIN2OS. The van der Waals surface area contributed by atoms with E-state index in [0.29, 0.717) is 12.1 Å². The van der Waals surface area contributed by atoms with E-state index in [1.807, 2.05) is 23.6 Å². The summed E-state index contributed by atoms with van der Waals surface area (Å²) in [5.74, 6) is -0.0442. The summed E-state index contributed by atoms with van der Waals surface area (Å²) in [5, 5.41) is 5.89. The average Bonchev–Trinajstić information content (AvgIpc) is 2.85. The molecule has 2 aromatic rings. The van der Waals surface area contributed by atoms with E-state index < -0.39 is 0 Å². The van der Waals surface area contributed by atoms with Crippen molar-refractivity contribution in [3.05, 3.63) is 48.4 Å². The quantitative estimate of drug-likeness (QED) is 0.745. The predicted octanol–water partition coefficient (Wildman–Crippen LogP) is 3.48. The average molecular weight is 437 g/mol. The Morgan fingerprint density at radius 3 is 3.06 bits per heavy atom. The van der Waals surface area contributed by atoms with Crippen LogP contribution in [0.3, 0.4) is 0 Å². The summed E-state index contributed by atoms with van der Waals surface area (Å²) in [7, 11) is 0. The van der Waals surface area contributed by atoms with Gasteiger partial charge < -0.3 is 5.32 Å². The number of halogens is 2. The van der Waals surface area contributed by atoms with Gasteiger partial charge in [-0.2, -0.15) is 0 Å². The Hall–Kier alpha value is -0.470. The van der Waals surface area contributed by atoms with E-state index in [9.17, 15) is 4.79 Å². The normalized spacial score (nSPS) is 10.3. The van der Waals surface area contributed by atoms with Gasteiger partial charge in [0.1, 0.15) is 0 Å². The van der Waals surface area contributed by atoms with Gasteiger partial charge in [0.15, 0.2) is 0 Å². The van der Waals surface area contributed by atoms with Crippen molar-refractivity contribution in [3.8, 4) is 0 Å². The number of thiazole rings is 1. The fourth-order valence-corrected chi connectivity index (χ4v) is 2.99. The van der Waals surface area contributed by atoms with Gasteiger partial charge in [-0.25, -0.2) is 4.98 Å². The van der Waals surface area contributed by atoms with Crippen LogP contribution in [0.15, 0.2) is 34.2 Å². The van der Waals surface area contributed by atoms with E-state index in [2.05, 4.69) is 48.8 Å². The monoisotopic (exact) mass is 436 g/mol. The molecule has 1 heterocycles. The minimum Gasteiger partial charge on any atom is -0.352 e. The van der Waals surface area contributed by atoms with Crippen LogP contribution in [0, 0.1) is 3.57 Å². The van der Waals surface area contributed by atoms with Crippen LogP contribution < -0.4 is 5.32 Å². The number of nitrogens with one attached hydrogen (secondary N) is 1. The Morgan fingerprint density at radius 1 is 1.50 bits per heavy atom. The molecule has 0 unspecified atom stereocenters. The lowest BCUT2D eigenvalue weighted by Gasteiger charge is -2.06. The number of carbonyl (C=O) groups excluding carboxylic acids is 1. The fourth-order valence-electron chi connectivity index (χ4n) is 1.43. The lowest BCUT2D eigenvalue weighted by molar-refractivity contribution is 0.0953. The molecule has 0 spiro atoms. The molecule has 0 radical (unpaired) electrons. The second-order valence-electron chi connectivity index (χ2n) is 3.56. The van der Waals surface area contributed by atoms with Gasteiger partial charge >= 0.3 is 0 Å². The van der Waals surface area contributed by atoms with Crippen molar-refractivity contribution in [2.24, 2.45) is 0 Å². The van der Waals surface area contributed by atoms with Crippen LogP contribution in [-0.2, 0) is 6.42 Å². The maximum atomic E-state index is 12.0. The lowest BCUT2D eigenvalue weighted by Crippen LogP contribution is -2.26. The third-order valence-electron chi connectivity index (χ3n) is 2.28. The molecule has 0 saturated heterocycles. The highest BCUT2D eigenvalue weighted by Crippen LogP contribution is 2.18. The maximum absolute atomic E-state index is 12.0. The Bertz CT molecular complexity index is 545. The van der Waals surface area contributed by atoms with E-state index in [1.165, 1.54) is 0 Å². The summed E-state index contributed by atoms with van der Waals surface area (Å²) in [6.45, 7) is 0.606. The molecule has 0 saturated carbocycles. The van der Waals surface area contributed by atoms with Gasteiger partial charge in [0, 0.05) is 32.6 Å². The largest absolute Gasteiger partial charge is 0.352 e. The number of rotatable bonds is 4. The Morgan fingerprint density at radius 2 is 2.33 bits per heavy atom. The summed E-state index contributed by atoms with van der Waals surface area (Å²) in [6.07, 6.45) is 2.55. The standard InChI is InChI=1S/C12H10BrIN2OS/c13-8-1-2-10(14)9(7-8)12(17)16-4-3-11-15-5-6-18-11/h1-2,5-7H,3-4H2,(H,16,17). The third kappa shape index (κ3) is 3.76. The van der Waals surface area contributed by atoms with E-state index >= 15 is 0 Å². The summed E-state index contributed by atoms with van der Waals surface area (Å²) in [4.78, 5) is 16.2. The zero-order valence-corrected chi connectivity index (χ0v) is 13.9. The van der Waals surface area contributed by atoms with Crippen molar-refractivity contribution in [1.29, 1.82) is 0 Å². The second kappa shape index (κ2) is 6.63. The van der Waals surface area contributed by atoms with Crippen molar-refractivity contribution in [2.45, 2.75) is 6.42 Å². The number of hydrogen-bond acceptors (Lipinski definition) is 3. The molecule has 1 N–H and O–H groups in total. The maximum Gasteiger partial charge on any atom is 0.252 e. The first-order valence-corrected chi connectivity index (χ1v) is 8.03. The number of hydrogen-bond donors (Lipinski definition) is 1. The van der Waals surface area contributed by atoms with E-state index in [0.717, 1.165) is 19.5 Å². The highest BCUT2D eigenvalue weighted by molar-refractivity contribution is 14.1. The van der Waals surface area contributed by atoms with Crippen molar-refractivity contribution in [2.75, 3.05) is 6.54 Å². The molecule has 2 rings (SSSR count). The van der Waals surface area contributed by atoms with Crippen LogP contribution in [0.5, 0.6) is 0 Å². The fraction of sp³-hybridized carbons (Fsp3) is 0.167. The highest BCUT2D eigenvalue weighted by Gasteiger charge is 2.10. The van der Waals surface area contributed by atoms with Gasteiger partial charge in [0.25, 0.3) is 5.91 Å². The molecule has 18 heavy (non-hydrogen) atoms. The first-order chi connectivity index (χ1) is 8.66. The van der Waals surface area contributed by atoms with Crippen molar-refractivity contribution < 1.29 is 4.79 Å². The number of amides is 1. The van der Waals surface area contributed by atoms with E-state index in [4.69, 9.17) is 0 Å². The first kappa shape index (κ1) is 14.0. The molecule has 0 aliphatic carbocycles. The number of carbonyl (C=O) groups is 1. The number of nitrogens with zero attached hydrogens (tertiary/aromatic N) is 1. The molecule has 0 aliphatic heterocycles. The van der Waals surface area contributed by atoms with E-state index in [-0.39, 0.29) is 5.91 Å². The zero-order chi connectivity index (χ0) is 13.0. The SMILES string of the molecule is O=C(NCCc1nccs1)c1cc(Br)ccc1I. The lowest BCUT2D eigenvalue weighted by atomic mass is 10.2. The van der Waals surface area contributed by atoms with Crippen LogP contribution in [0.1, 0.15) is 15.4 Å². The Balaban J connectivity index is 1.93. The van der Waals surface area contributed by atoms with Crippen LogP contribution in [0.4, 0.5) is 0 Å². The van der Waals surface area contributed by atoms with Crippen molar-refractivity contribution in [3.63, 3.8) is 0 Å². The first-order valence-electron chi connectivity index (χ1n) is 5.28. The van der Waals surface area contributed by atoms with Crippen molar-refractivity contribution in [1.82, 2.24) is 10.3 Å². The molecule has 0 atom stereocenters. The minimum atomic E-state index is -0.0442. The van der Waals surface area contributed by atoms with Gasteiger partial charge in [0.05, 0.1) is 10.6 Å². The molecule has 3 nitrogen and oxygen atoms in total. The highest BCUT2D eigenvalue weighted by atomic mass is 127. The van der Waals surface area contributed by atoms with Gasteiger partial charge in [0.2, 0.25) is 0 Å². The Labute approximate surface area is 131 Å². The molecular weight excluding hydrogens is 427 g/mol. The molecule has 1 amide bonds. The van der Waals surface area contributed by atoms with Gasteiger partial charge in [-0.05, 0) is 40.8 Å². The minimum absolute atomic E-state index is 0.0442. The summed E-state index contributed by atoms with van der Waals surface area (Å²) < 4.78 is 1.86. The Kier molecular flexibility index (Phi) is 5.13. The summed E-state index contributed by atoms with van der Waals surface area (Å²) in [5.41, 5.74) is 0.698. The molecule has 6 heteroatoms. The van der Waals surface area contributed by atoms with Crippen molar-refractivity contribution >= 4 is 55.8 Å². The zero-order valence-electron chi connectivity index (χ0n) is 9.32. The smallest absolute Gasteiger partial charge is 0.252 e. The van der Waals surface area contributed by atoms with Crippen LogP contribution in [0.2, 0.25) is 0 Å². The topological polar surface area (TPSA) is 42.0 Å². The number of benzene rings is 1. The van der Waals surface area contributed by atoms with Gasteiger partial charge in [-0.3, -0.25) is 4.79 Å². The van der Waals surface area contributed by atoms with E-state index in [1.54, 1.807) is 17.5 Å². The predicted molar refractivity (Wildman–Crippen MR) is 85.0 cm³/mol. The van der Waals surface area contributed by atoms with Gasteiger partial charge in [-0.15, -0.1) is 11.3 Å². The molecule has 1 aromatic heterocycles. The van der Waals surface area contributed by atoms with Crippen LogP contribution in [-0.4, -0.2) is 17.4 Å². The third-order valence-corrected chi connectivity index (χ3v) is 4.55. The molecule has 0 fully saturated rings. The molecule has 0 bridgehead atoms. The van der Waals surface area contributed by atoms with Crippen LogP contribution in [0.25, 0.3) is 0 Å². The molecule has 1 aromatic carbocycles. The molecule has 0 aliphatic rings. The molecule has 94 valence electrons. The second-order valence-corrected chi connectivity index (χ2v) is 6.61.